The summed E-state index contributed by atoms with van der Waals surface area (Å²) in [6.45, 7) is 5.67. The second-order valence-electron chi connectivity index (χ2n) is 6.10. The average molecular weight is 306 g/mol. The fourth-order valence-electron chi connectivity index (χ4n) is 3.24. The van der Waals surface area contributed by atoms with Gasteiger partial charge in [0.25, 0.3) is 0 Å². The van der Waals surface area contributed by atoms with Crippen molar-refractivity contribution in [2.24, 2.45) is 11.1 Å². The number of hydrogen-bond acceptors (Lipinski definition) is 5. The van der Waals surface area contributed by atoms with Crippen molar-refractivity contribution in [1.29, 1.82) is 0 Å². The minimum Gasteiger partial charge on any atom is -0.327 e. The number of nitrogens with two attached hydrogens (primary N) is 1. The van der Waals surface area contributed by atoms with E-state index in [0.717, 1.165) is 31.7 Å². The molecule has 0 aromatic rings. The first-order valence-corrected chi connectivity index (χ1v) is 10.0. The zero-order valence-electron chi connectivity index (χ0n) is 12.0. The Bertz CT molecular complexity index is 413. The van der Waals surface area contributed by atoms with E-state index in [0.29, 0.717) is 5.75 Å². The Labute approximate surface area is 121 Å². The highest BCUT2D eigenvalue weighted by Gasteiger charge is 2.42. The lowest BCUT2D eigenvalue weighted by Crippen LogP contribution is -2.53. The molecule has 6 heteroatoms. The van der Waals surface area contributed by atoms with Crippen molar-refractivity contribution in [2.75, 3.05) is 30.3 Å². The summed E-state index contributed by atoms with van der Waals surface area (Å²) >= 11 is 1.75. The van der Waals surface area contributed by atoms with Gasteiger partial charge in [0.05, 0.1) is 0 Å². The van der Waals surface area contributed by atoms with E-state index in [-0.39, 0.29) is 22.6 Å². The molecule has 1 heterocycles. The number of thioether (sulfide) groups is 1. The Balaban J connectivity index is 2.12. The summed E-state index contributed by atoms with van der Waals surface area (Å²) in [5.74, 6) is 1.97. The molecule has 0 amide bonds. The molecule has 0 bridgehead atoms. The Morgan fingerprint density at radius 2 is 2.21 bits per heavy atom. The van der Waals surface area contributed by atoms with Crippen molar-refractivity contribution in [3.63, 3.8) is 0 Å². The molecule has 1 saturated carbocycles. The van der Waals surface area contributed by atoms with Gasteiger partial charge in [-0.05, 0) is 18.3 Å². The van der Waals surface area contributed by atoms with Crippen LogP contribution in [0.5, 0.6) is 0 Å². The van der Waals surface area contributed by atoms with E-state index in [2.05, 4.69) is 11.8 Å². The maximum atomic E-state index is 12.2. The van der Waals surface area contributed by atoms with Crippen LogP contribution in [0.15, 0.2) is 0 Å². The summed E-state index contributed by atoms with van der Waals surface area (Å²) in [7, 11) is -2.99. The van der Waals surface area contributed by atoms with Crippen LogP contribution in [0.3, 0.4) is 0 Å². The average Bonchev–Trinajstić information content (AvgIpc) is 2.70. The molecule has 112 valence electrons. The van der Waals surface area contributed by atoms with Gasteiger partial charge in [-0.3, -0.25) is 4.90 Å². The van der Waals surface area contributed by atoms with Crippen LogP contribution >= 0.6 is 11.8 Å². The third-order valence-electron chi connectivity index (χ3n) is 4.73. The minimum absolute atomic E-state index is 0.0868. The van der Waals surface area contributed by atoms with Crippen LogP contribution in [0.25, 0.3) is 0 Å². The van der Waals surface area contributed by atoms with Crippen molar-refractivity contribution >= 4 is 21.6 Å². The van der Waals surface area contributed by atoms with Gasteiger partial charge in [-0.1, -0.05) is 20.3 Å². The van der Waals surface area contributed by atoms with Crippen LogP contribution in [0.1, 0.15) is 33.1 Å². The van der Waals surface area contributed by atoms with E-state index in [1.807, 2.05) is 0 Å². The lowest BCUT2D eigenvalue weighted by molar-refractivity contribution is 0.150. The van der Waals surface area contributed by atoms with E-state index in [4.69, 9.17) is 5.73 Å². The van der Waals surface area contributed by atoms with Crippen LogP contribution in [-0.4, -0.2) is 55.1 Å². The summed E-state index contributed by atoms with van der Waals surface area (Å²) in [5.41, 5.74) is 6.32. The van der Waals surface area contributed by atoms with Gasteiger partial charge in [0, 0.05) is 36.4 Å². The molecule has 0 aromatic carbocycles. The molecule has 2 N–H and O–H groups in total. The van der Waals surface area contributed by atoms with Crippen LogP contribution in [-0.2, 0) is 9.84 Å². The van der Waals surface area contributed by atoms with Crippen LogP contribution in [0.2, 0.25) is 0 Å². The first kappa shape index (κ1) is 15.6. The maximum Gasteiger partial charge on any atom is 0.166 e. The standard InChI is InChI=1S/C13H26N2O2S2/c1-3-19(16,17)12-9-18-8-7-15(12)10-13(2)6-4-5-11(13)14/h11-12H,3-10,14H2,1-2H3. The highest BCUT2D eigenvalue weighted by Crippen LogP contribution is 2.38. The molecule has 2 rings (SSSR count). The largest absolute Gasteiger partial charge is 0.327 e. The van der Waals surface area contributed by atoms with Crippen LogP contribution in [0, 0.1) is 5.41 Å². The molecular formula is C13H26N2O2S2. The number of nitrogens with zero attached hydrogens (tertiary/aromatic N) is 1. The second-order valence-corrected chi connectivity index (χ2v) is 9.70. The number of rotatable bonds is 4. The van der Waals surface area contributed by atoms with Crippen molar-refractivity contribution in [2.45, 2.75) is 44.5 Å². The fraction of sp³-hybridized carbons (Fsp3) is 1.00. The van der Waals surface area contributed by atoms with E-state index in [9.17, 15) is 8.42 Å². The third-order valence-corrected chi connectivity index (χ3v) is 8.06. The van der Waals surface area contributed by atoms with E-state index in [1.165, 1.54) is 6.42 Å². The van der Waals surface area contributed by atoms with Gasteiger partial charge < -0.3 is 5.73 Å². The van der Waals surface area contributed by atoms with Crippen molar-refractivity contribution < 1.29 is 8.42 Å². The summed E-state index contributed by atoms with van der Waals surface area (Å²) in [5, 5.41) is -0.305. The van der Waals surface area contributed by atoms with Gasteiger partial charge in [0.2, 0.25) is 0 Å². The molecule has 1 aliphatic heterocycles. The van der Waals surface area contributed by atoms with Gasteiger partial charge in [-0.2, -0.15) is 11.8 Å². The number of sulfone groups is 1. The molecule has 3 unspecified atom stereocenters. The molecule has 1 saturated heterocycles. The van der Waals surface area contributed by atoms with E-state index >= 15 is 0 Å². The monoisotopic (exact) mass is 306 g/mol. The Kier molecular flexibility index (Phi) is 4.86. The lowest BCUT2D eigenvalue weighted by Gasteiger charge is -2.41. The van der Waals surface area contributed by atoms with E-state index in [1.54, 1.807) is 18.7 Å². The Morgan fingerprint density at radius 3 is 2.79 bits per heavy atom. The lowest BCUT2D eigenvalue weighted by atomic mass is 9.84. The summed E-state index contributed by atoms with van der Waals surface area (Å²) in [4.78, 5) is 2.18. The van der Waals surface area contributed by atoms with Gasteiger partial charge in [0.15, 0.2) is 9.84 Å². The maximum absolute atomic E-state index is 12.2. The molecule has 0 spiro atoms. The molecule has 1 aliphatic carbocycles. The minimum atomic E-state index is -2.99. The fourth-order valence-corrected chi connectivity index (χ4v) is 6.32. The highest BCUT2D eigenvalue weighted by molar-refractivity contribution is 8.01. The first-order valence-electron chi connectivity index (χ1n) is 7.18. The topological polar surface area (TPSA) is 63.4 Å². The second kappa shape index (κ2) is 5.92. The zero-order valence-corrected chi connectivity index (χ0v) is 13.6. The van der Waals surface area contributed by atoms with Crippen LogP contribution < -0.4 is 5.73 Å². The molecule has 19 heavy (non-hydrogen) atoms. The SMILES string of the molecule is CCS(=O)(=O)C1CSCCN1CC1(C)CCCC1N. The zero-order chi connectivity index (χ0) is 14.1. The molecule has 2 aliphatic rings. The predicted octanol–water partition coefficient (Wildman–Crippen LogP) is 1.31. The first-order chi connectivity index (χ1) is 8.89. The van der Waals surface area contributed by atoms with Crippen molar-refractivity contribution in [3.8, 4) is 0 Å². The molecule has 0 radical (unpaired) electrons. The summed E-state index contributed by atoms with van der Waals surface area (Å²) < 4.78 is 24.5. The van der Waals surface area contributed by atoms with Crippen molar-refractivity contribution in [3.05, 3.63) is 0 Å². The summed E-state index contributed by atoms with van der Waals surface area (Å²) in [6.07, 6.45) is 3.37. The van der Waals surface area contributed by atoms with Gasteiger partial charge >= 0.3 is 0 Å². The highest BCUT2D eigenvalue weighted by atomic mass is 32.2. The molecule has 2 fully saturated rings. The van der Waals surface area contributed by atoms with Crippen molar-refractivity contribution in [1.82, 2.24) is 4.90 Å². The Morgan fingerprint density at radius 1 is 1.47 bits per heavy atom. The molecule has 0 aromatic heterocycles. The predicted molar refractivity (Wildman–Crippen MR) is 82.1 cm³/mol. The Hall–Kier alpha value is 0.220. The normalized spacial score (nSPS) is 37.6. The molecule has 4 nitrogen and oxygen atoms in total. The number of hydrogen-bond donors (Lipinski definition) is 1. The molecular weight excluding hydrogens is 280 g/mol. The molecule has 3 atom stereocenters. The van der Waals surface area contributed by atoms with Gasteiger partial charge in [-0.15, -0.1) is 0 Å². The van der Waals surface area contributed by atoms with Gasteiger partial charge in [-0.25, -0.2) is 8.42 Å². The summed E-state index contributed by atoms with van der Waals surface area (Å²) in [6, 6.07) is 0.215. The van der Waals surface area contributed by atoms with Crippen LogP contribution in [0.4, 0.5) is 0 Å². The van der Waals surface area contributed by atoms with Gasteiger partial charge in [0.1, 0.15) is 5.37 Å². The third kappa shape index (κ3) is 3.28. The quantitative estimate of drug-likeness (QED) is 0.848. The smallest absolute Gasteiger partial charge is 0.166 e. The van der Waals surface area contributed by atoms with E-state index < -0.39 is 9.84 Å².